The lowest BCUT2D eigenvalue weighted by molar-refractivity contribution is -0.117. The number of halogens is 1. The predicted octanol–water partition coefficient (Wildman–Crippen LogP) is 2.34. The average molecular weight is 287 g/mol. The molecule has 0 aliphatic heterocycles. The first-order valence-electron chi connectivity index (χ1n) is 6.67. The number of carbonyl (C=O) groups is 1. The Morgan fingerprint density at radius 1 is 1.58 bits per heavy atom. The van der Waals surface area contributed by atoms with Crippen molar-refractivity contribution >= 4 is 24.1 Å². The monoisotopic (exact) mass is 286 g/mol. The largest absolute Gasteiger partial charge is 0.327 e. The quantitative estimate of drug-likeness (QED) is 0.892. The van der Waals surface area contributed by atoms with Crippen LogP contribution < -0.4 is 11.1 Å². The SMILES string of the molecule is CC(C)n1nccc1NC(=O)C[C@@H]1CCC[C@H]1N.Cl. The molecular formula is C13H23ClN4O. The Hall–Kier alpha value is -1.07. The molecule has 108 valence electrons. The molecule has 0 saturated heterocycles. The van der Waals surface area contributed by atoms with Crippen LogP contribution in [-0.4, -0.2) is 21.7 Å². The molecular weight excluding hydrogens is 264 g/mol. The van der Waals surface area contributed by atoms with Crippen molar-refractivity contribution in [1.29, 1.82) is 0 Å². The van der Waals surface area contributed by atoms with E-state index in [0.29, 0.717) is 12.3 Å². The van der Waals surface area contributed by atoms with E-state index in [1.807, 2.05) is 24.6 Å². The van der Waals surface area contributed by atoms with E-state index < -0.39 is 0 Å². The van der Waals surface area contributed by atoms with Crippen LogP contribution in [0.2, 0.25) is 0 Å². The summed E-state index contributed by atoms with van der Waals surface area (Å²) in [4.78, 5) is 12.0. The highest BCUT2D eigenvalue weighted by Gasteiger charge is 2.26. The van der Waals surface area contributed by atoms with Gasteiger partial charge in [-0.2, -0.15) is 5.10 Å². The number of nitrogens with one attached hydrogen (secondary N) is 1. The molecule has 3 N–H and O–H groups in total. The average Bonchev–Trinajstić information content (AvgIpc) is 2.89. The molecule has 1 aliphatic carbocycles. The minimum absolute atomic E-state index is 0. The highest BCUT2D eigenvalue weighted by atomic mass is 35.5. The molecule has 1 fully saturated rings. The zero-order valence-electron chi connectivity index (χ0n) is 11.5. The van der Waals surface area contributed by atoms with Crippen molar-refractivity contribution in [2.45, 2.75) is 51.6 Å². The predicted molar refractivity (Wildman–Crippen MR) is 78.4 cm³/mol. The van der Waals surface area contributed by atoms with Crippen LogP contribution in [0.1, 0.15) is 45.6 Å². The van der Waals surface area contributed by atoms with Crippen LogP contribution in [-0.2, 0) is 4.79 Å². The van der Waals surface area contributed by atoms with E-state index in [-0.39, 0.29) is 30.4 Å². The van der Waals surface area contributed by atoms with Gasteiger partial charge < -0.3 is 11.1 Å². The number of carbonyl (C=O) groups excluding carboxylic acids is 1. The fourth-order valence-corrected chi connectivity index (χ4v) is 2.58. The van der Waals surface area contributed by atoms with E-state index in [1.165, 1.54) is 0 Å². The lowest BCUT2D eigenvalue weighted by atomic mass is 10.00. The van der Waals surface area contributed by atoms with Gasteiger partial charge in [-0.25, -0.2) is 4.68 Å². The summed E-state index contributed by atoms with van der Waals surface area (Å²) in [6.45, 7) is 4.07. The summed E-state index contributed by atoms with van der Waals surface area (Å²) < 4.78 is 1.81. The smallest absolute Gasteiger partial charge is 0.225 e. The van der Waals surface area contributed by atoms with Gasteiger partial charge in [-0.3, -0.25) is 4.79 Å². The maximum Gasteiger partial charge on any atom is 0.225 e. The molecule has 0 spiro atoms. The Balaban J connectivity index is 0.00000180. The molecule has 0 radical (unpaired) electrons. The Kier molecular flexibility index (Phi) is 5.82. The normalized spacial score (nSPS) is 22.3. The van der Waals surface area contributed by atoms with E-state index in [2.05, 4.69) is 10.4 Å². The number of nitrogens with zero attached hydrogens (tertiary/aromatic N) is 2. The van der Waals surface area contributed by atoms with Gasteiger partial charge in [0.1, 0.15) is 5.82 Å². The van der Waals surface area contributed by atoms with E-state index in [4.69, 9.17) is 5.73 Å². The minimum Gasteiger partial charge on any atom is -0.327 e. The zero-order chi connectivity index (χ0) is 13.1. The van der Waals surface area contributed by atoms with Crippen LogP contribution in [0.25, 0.3) is 0 Å². The fraction of sp³-hybridized carbons (Fsp3) is 0.692. The van der Waals surface area contributed by atoms with Gasteiger partial charge in [-0.15, -0.1) is 12.4 Å². The summed E-state index contributed by atoms with van der Waals surface area (Å²) in [6, 6.07) is 2.25. The van der Waals surface area contributed by atoms with Crippen LogP contribution in [0, 0.1) is 5.92 Å². The molecule has 1 saturated carbocycles. The lowest BCUT2D eigenvalue weighted by Crippen LogP contribution is -2.28. The van der Waals surface area contributed by atoms with Crippen molar-refractivity contribution < 1.29 is 4.79 Å². The standard InChI is InChI=1S/C13H22N4O.ClH/c1-9(2)17-12(6-7-15-17)16-13(18)8-10-4-3-5-11(10)14;/h6-7,9-11H,3-5,8,14H2,1-2H3,(H,16,18);1H/t10-,11+;/m0./s1. The molecule has 1 heterocycles. The second kappa shape index (κ2) is 6.91. The second-order valence-electron chi connectivity index (χ2n) is 5.36. The number of rotatable bonds is 4. The lowest BCUT2D eigenvalue weighted by Gasteiger charge is -2.16. The number of anilines is 1. The topological polar surface area (TPSA) is 72.9 Å². The summed E-state index contributed by atoms with van der Waals surface area (Å²) in [5.74, 6) is 1.14. The third-order valence-electron chi connectivity index (χ3n) is 3.59. The van der Waals surface area contributed by atoms with Crippen molar-refractivity contribution in [3.8, 4) is 0 Å². The minimum atomic E-state index is 0. The van der Waals surface area contributed by atoms with E-state index in [1.54, 1.807) is 6.20 Å². The number of hydrogen-bond donors (Lipinski definition) is 2. The van der Waals surface area contributed by atoms with Crippen LogP contribution in [0.3, 0.4) is 0 Å². The van der Waals surface area contributed by atoms with Crippen molar-refractivity contribution in [3.63, 3.8) is 0 Å². The molecule has 0 unspecified atom stereocenters. The number of amides is 1. The first kappa shape index (κ1) is 16.0. The molecule has 1 aromatic rings. The molecule has 1 amide bonds. The number of nitrogens with two attached hydrogens (primary N) is 1. The molecule has 2 rings (SSSR count). The summed E-state index contributed by atoms with van der Waals surface area (Å²) >= 11 is 0. The van der Waals surface area contributed by atoms with E-state index >= 15 is 0 Å². The molecule has 2 atom stereocenters. The molecule has 5 nitrogen and oxygen atoms in total. The highest BCUT2D eigenvalue weighted by molar-refractivity contribution is 5.90. The molecule has 0 aromatic carbocycles. The zero-order valence-corrected chi connectivity index (χ0v) is 12.3. The Morgan fingerprint density at radius 2 is 2.32 bits per heavy atom. The fourth-order valence-electron chi connectivity index (χ4n) is 2.58. The van der Waals surface area contributed by atoms with Crippen LogP contribution in [0.15, 0.2) is 12.3 Å². The Bertz CT molecular complexity index is 419. The van der Waals surface area contributed by atoms with Gasteiger partial charge >= 0.3 is 0 Å². The van der Waals surface area contributed by atoms with Crippen molar-refractivity contribution in [2.24, 2.45) is 11.7 Å². The second-order valence-corrected chi connectivity index (χ2v) is 5.36. The number of hydrogen-bond acceptors (Lipinski definition) is 3. The first-order valence-corrected chi connectivity index (χ1v) is 6.67. The number of aromatic nitrogens is 2. The summed E-state index contributed by atoms with van der Waals surface area (Å²) in [6.07, 6.45) is 5.48. The highest BCUT2D eigenvalue weighted by Crippen LogP contribution is 2.27. The van der Waals surface area contributed by atoms with Crippen LogP contribution in [0.4, 0.5) is 5.82 Å². The van der Waals surface area contributed by atoms with Crippen molar-refractivity contribution in [3.05, 3.63) is 12.3 Å². The molecule has 1 aromatic heterocycles. The van der Waals surface area contributed by atoms with Gasteiger partial charge in [0.25, 0.3) is 0 Å². The summed E-state index contributed by atoms with van der Waals surface area (Å²) in [5, 5.41) is 7.12. The molecule has 6 heteroatoms. The van der Waals surface area contributed by atoms with Crippen molar-refractivity contribution in [1.82, 2.24) is 9.78 Å². The Morgan fingerprint density at radius 3 is 2.89 bits per heavy atom. The van der Waals surface area contributed by atoms with Gasteiger partial charge in [-0.05, 0) is 32.6 Å². The third-order valence-corrected chi connectivity index (χ3v) is 3.59. The van der Waals surface area contributed by atoms with E-state index in [9.17, 15) is 4.79 Å². The third kappa shape index (κ3) is 3.94. The molecule has 19 heavy (non-hydrogen) atoms. The Labute approximate surface area is 120 Å². The van der Waals surface area contributed by atoms with Gasteiger partial charge in [0, 0.05) is 24.6 Å². The van der Waals surface area contributed by atoms with Gasteiger partial charge in [0.15, 0.2) is 0 Å². The molecule has 1 aliphatic rings. The first-order chi connectivity index (χ1) is 8.58. The van der Waals surface area contributed by atoms with Gasteiger partial charge in [0.05, 0.1) is 6.20 Å². The van der Waals surface area contributed by atoms with Crippen molar-refractivity contribution in [2.75, 3.05) is 5.32 Å². The summed E-state index contributed by atoms with van der Waals surface area (Å²) in [5.41, 5.74) is 5.98. The van der Waals surface area contributed by atoms with Crippen LogP contribution in [0.5, 0.6) is 0 Å². The maximum absolute atomic E-state index is 12.0. The summed E-state index contributed by atoms with van der Waals surface area (Å²) in [7, 11) is 0. The van der Waals surface area contributed by atoms with Gasteiger partial charge in [-0.1, -0.05) is 6.42 Å². The van der Waals surface area contributed by atoms with E-state index in [0.717, 1.165) is 25.1 Å². The molecule has 0 bridgehead atoms. The van der Waals surface area contributed by atoms with Gasteiger partial charge in [0.2, 0.25) is 5.91 Å². The van der Waals surface area contributed by atoms with Crippen LogP contribution >= 0.6 is 12.4 Å². The maximum atomic E-state index is 12.0.